The summed E-state index contributed by atoms with van der Waals surface area (Å²) < 4.78 is 5.60. The molecule has 1 amide bonds. The molecule has 0 bridgehead atoms. The van der Waals surface area contributed by atoms with E-state index in [9.17, 15) is 14.7 Å². The topological polar surface area (TPSA) is 88.5 Å². The maximum absolute atomic E-state index is 13.2. The maximum atomic E-state index is 13.2. The second kappa shape index (κ2) is 11.8. The number of carbonyl (C=O) groups excluding carboxylic acids is 1. The van der Waals surface area contributed by atoms with Gasteiger partial charge in [0.05, 0.1) is 11.8 Å². The molecule has 0 aliphatic carbocycles. The number of carboxylic acids is 1. The van der Waals surface area contributed by atoms with Crippen molar-refractivity contribution in [2.45, 2.75) is 52.9 Å². The lowest BCUT2D eigenvalue weighted by atomic mass is 9.99. The summed E-state index contributed by atoms with van der Waals surface area (Å²) in [7, 11) is 0. The van der Waals surface area contributed by atoms with Gasteiger partial charge < -0.3 is 15.2 Å². The van der Waals surface area contributed by atoms with Crippen LogP contribution >= 0.6 is 22.7 Å². The molecule has 6 nitrogen and oxygen atoms in total. The van der Waals surface area contributed by atoms with Gasteiger partial charge in [0, 0.05) is 23.4 Å². The molecule has 1 atom stereocenters. The highest BCUT2D eigenvalue weighted by molar-refractivity contribution is 7.17. The number of nitrogens with one attached hydrogen (secondary N) is 1. The molecule has 192 valence electrons. The zero-order valence-corrected chi connectivity index (χ0v) is 22.9. The van der Waals surface area contributed by atoms with Crippen LogP contribution in [-0.2, 0) is 22.5 Å². The number of amides is 1. The van der Waals surface area contributed by atoms with Gasteiger partial charge in [-0.1, -0.05) is 54.1 Å². The first kappa shape index (κ1) is 26.7. The molecule has 37 heavy (non-hydrogen) atoms. The van der Waals surface area contributed by atoms with E-state index >= 15 is 0 Å². The zero-order chi connectivity index (χ0) is 26.5. The highest BCUT2D eigenvalue weighted by Crippen LogP contribution is 2.31. The third-order valence-electron chi connectivity index (χ3n) is 5.83. The minimum Gasteiger partial charge on any atom is -0.479 e. The average Bonchev–Trinajstić information content (AvgIpc) is 3.52. The van der Waals surface area contributed by atoms with Crippen LogP contribution in [-0.4, -0.2) is 34.2 Å². The van der Waals surface area contributed by atoms with Crippen molar-refractivity contribution in [1.82, 2.24) is 10.3 Å². The number of ether oxygens (including phenoxy) is 1. The molecule has 0 saturated carbocycles. The molecule has 0 radical (unpaired) electrons. The number of hydrogen-bond acceptors (Lipinski definition) is 6. The molecule has 2 aromatic carbocycles. The summed E-state index contributed by atoms with van der Waals surface area (Å²) in [6, 6.07) is 18.0. The number of aryl methyl sites for hydroxylation is 2. The summed E-state index contributed by atoms with van der Waals surface area (Å²) in [4.78, 5) is 31.2. The number of nitrogens with zero attached hydrogens (tertiary/aromatic N) is 1. The van der Waals surface area contributed by atoms with Crippen molar-refractivity contribution in [3.63, 3.8) is 0 Å². The molecule has 2 aromatic heterocycles. The largest absolute Gasteiger partial charge is 0.479 e. The van der Waals surface area contributed by atoms with Gasteiger partial charge in [-0.3, -0.25) is 4.79 Å². The summed E-state index contributed by atoms with van der Waals surface area (Å²) >= 11 is 3.00. The van der Waals surface area contributed by atoms with Crippen molar-refractivity contribution >= 4 is 34.6 Å². The summed E-state index contributed by atoms with van der Waals surface area (Å²) in [6.07, 6.45) is -0.889. The van der Waals surface area contributed by atoms with Crippen LogP contribution in [0.5, 0.6) is 0 Å². The summed E-state index contributed by atoms with van der Waals surface area (Å²) in [6.45, 7) is 7.83. The third-order valence-corrected chi connectivity index (χ3v) is 7.94. The molecule has 0 saturated heterocycles. The first-order valence-electron chi connectivity index (χ1n) is 12.1. The molecule has 1 unspecified atom stereocenters. The van der Waals surface area contributed by atoms with Crippen molar-refractivity contribution in [3.05, 3.63) is 87.2 Å². The Hall–Kier alpha value is -3.33. The minimum atomic E-state index is -0.990. The van der Waals surface area contributed by atoms with Gasteiger partial charge in [0.2, 0.25) is 0 Å². The number of carbonyl (C=O) groups is 2. The van der Waals surface area contributed by atoms with Crippen LogP contribution in [0.1, 0.15) is 45.9 Å². The molecule has 8 heteroatoms. The molecule has 4 rings (SSSR count). The van der Waals surface area contributed by atoms with E-state index in [4.69, 9.17) is 4.74 Å². The number of aliphatic carboxylic acids is 1. The highest BCUT2D eigenvalue weighted by Gasteiger charge is 2.21. The monoisotopic (exact) mass is 534 g/mol. The second-order valence-electron chi connectivity index (χ2n) is 9.17. The zero-order valence-electron chi connectivity index (χ0n) is 21.3. The van der Waals surface area contributed by atoms with Gasteiger partial charge in [-0.15, -0.1) is 22.7 Å². The van der Waals surface area contributed by atoms with Gasteiger partial charge >= 0.3 is 5.97 Å². The van der Waals surface area contributed by atoms with Crippen LogP contribution in [0.2, 0.25) is 0 Å². The van der Waals surface area contributed by atoms with Gasteiger partial charge in [0.25, 0.3) is 5.91 Å². The number of rotatable bonds is 10. The molecule has 2 N–H and O–H groups in total. The van der Waals surface area contributed by atoms with E-state index in [2.05, 4.69) is 10.3 Å². The molecular formula is C29H30N2O4S2. The number of hydrogen-bond donors (Lipinski definition) is 2. The van der Waals surface area contributed by atoms with Crippen molar-refractivity contribution < 1.29 is 19.4 Å². The van der Waals surface area contributed by atoms with E-state index < -0.39 is 12.1 Å². The van der Waals surface area contributed by atoms with Crippen molar-refractivity contribution in [2.75, 3.05) is 0 Å². The van der Waals surface area contributed by atoms with Gasteiger partial charge in [-0.2, -0.15) is 0 Å². The van der Waals surface area contributed by atoms with Crippen molar-refractivity contribution in [1.29, 1.82) is 0 Å². The van der Waals surface area contributed by atoms with E-state index in [0.717, 1.165) is 32.1 Å². The molecule has 2 heterocycles. The summed E-state index contributed by atoms with van der Waals surface area (Å²) in [5, 5.41) is 15.5. The van der Waals surface area contributed by atoms with E-state index in [1.807, 2.05) is 87.7 Å². The number of carboxylic acid groups (broad SMARTS) is 1. The SMILES string of the molecule is Cc1ccc(-c2nc(C)c(C(=O)NCc3cc(CC(OC(C)C)C(=O)O)ccc3-c3cccs3)s2)cc1. The Kier molecular flexibility index (Phi) is 8.53. The van der Waals surface area contributed by atoms with E-state index in [-0.39, 0.29) is 18.4 Å². The summed E-state index contributed by atoms with van der Waals surface area (Å²) in [5.41, 5.74) is 5.62. The molecular weight excluding hydrogens is 504 g/mol. The maximum Gasteiger partial charge on any atom is 0.333 e. The lowest BCUT2D eigenvalue weighted by Crippen LogP contribution is -2.29. The van der Waals surface area contributed by atoms with E-state index in [0.29, 0.717) is 17.1 Å². The fourth-order valence-electron chi connectivity index (χ4n) is 4.01. The Bertz CT molecular complexity index is 1380. The predicted octanol–water partition coefficient (Wildman–Crippen LogP) is 6.51. The molecule has 4 aromatic rings. The minimum absolute atomic E-state index is 0.178. The smallest absolute Gasteiger partial charge is 0.333 e. The quantitative estimate of drug-likeness (QED) is 0.242. The first-order valence-corrected chi connectivity index (χ1v) is 13.8. The van der Waals surface area contributed by atoms with Crippen LogP contribution in [0, 0.1) is 13.8 Å². The number of thiophene rings is 1. The Morgan fingerprint density at radius 2 is 1.84 bits per heavy atom. The van der Waals surface area contributed by atoms with Crippen LogP contribution < -0.4 is 5.32 Å². The Labute approximate surface area is 225 Å². The molecule has 0 spiro atoms. The standard InChI is InChI=1S/C29H30N2O4S2/c1-17(2)35-24(29(33)34)15-20-9-12-23(25-6-5-13-36-25)22(14-20)16-30-27(32)26-19(4)31-28(37-26)21-10-7-18(3)8-11-21/h5-14,17,24H,15-16H2,1-4H3,(H,30,32)(H,33,34). The fraction of sp³-hybridized carbons (Fsp3) is 0.276. The molecule has 0 aliphatic rings. The molecule has 0 aliphatic heterocycles. The number of thiazole rings is 1. The first-order chi connectivity index (χ1) is 17.7. The third kappa shape index (κ3) is 6.71. The average molecular weight is 535 g/mol. The predicted molar refractivity (Wildman–Crippen MR) is 149 cm³/mol. The van der Waals surface area contributed by atoms with E-state index in [1.54, 1.807) is 11.3 Å². The van der Waals surface area contributed by atoms with Crippen molar-refractivity contribution in [2.24, 2.45) is 0 Å². The van der Waals surface area contributed by atoms with Gasteiger partial charge in [0.15, 0.2) is 6.10 Å². The van der Waals surface area contributed by atoms with Gasteiger partial charge in [-0.05, 0) is 55.8 Å². The fourth-order valence-corrected chi connectivity index (χ4v) is 5.79. The van der Waals surface area contributed by atoms with Crippen LogP contribution in [0.25, 0.3) is 21.0 Å². The lowest BCUT2D eigenvalue weighted by Gasteiger charge is -2.18. The van der Waals surface area contributed by atoms with Crippen LogP contribution in [0.3, 0.4) is 0 Å². The highest BCUT2D eigenvalue weighted by atomic mass is 32.1. The Balaban J connectivity index is 1.56. The Morgan fingerprint density at radius 1 is 1.08 bits per heavy atom. The summed E-state index contributed by atoms with van der Waals surface area (Å²) in [5.74, 6) is -1.17. The Morgan fingerprint density at radius 3 is 2.49 bits per heavy atom. The van der Waals surface area contributed by atoms with Gasteiger partial charge in [0.1, 0.15) is 9.88 Å². The number of benzene rings is 2. The molecule has 0 fully saturated rings. The number of aromatic nitrogens is 1. The van der Waals surface area contributed by atoms with Crippen LogP contribution in [0.15, 0.2) is 60.0 Å². The van der Waals surface area contributed by atoms with Gasteiger partial charge in [-0.25, -0.2) is 9.78 Å². The second-order valence-corrected chi connectivity index (χ2v) is 11.1. The normalized spacial score (nSPS) is 12.0. The van der Waals surface area contributed by atoms with Crippen LogP contribution in [0.4, 0.5) is 0 Å². The van der Waals surface area contributed by atoms with E-state index in [1.165, 1.54) is 16.9 Å². The lowest BCUT2D eigenvalue weighted by molar-refractivity contribution is -0.153. The van der Waals surface area contributed by atoms with Crippen molar-refractivity contribution in [3.8, 4) is 21.0 Å².